The van der Waals surface area contributed by atoms with Crippen LogP contribution in [0.3, 0.4) is 0 Å². The van der Waals surface area contributed by atoms with Gasteiger partial charge in [-0.15, -0.1) is 0 Å². The van der Waals surface area contributed by atoms with E-state index in [-0.39, 0.29) is 0 Å². The van der Waals surface area contributed by atoms with Gasteiger partial charge in [-0.1, -0.05) is 26.0 Å². The summed E-state index contributed by atoms with van der Waals surface area (Å²) < 4.78 is 2.25. The Bertz CT molecular complexity index is 537. The Morgan fingerprint density at radius 3 is 2.94 bits per heavy atom. The first-order chi connectivity index (χ1) is 7.68. The standard InChI is InChI=1S/C14H18N2/c1-9(2)14-11-8-16(3)12-6-4-5-10(7-15-14)13(11)12/h4-6,8-9,14-15H,7H2,1-3H3. The van der Waals surface area contributed by atoms with Gasteiger partial charge in [-0.2, -0.15) is 0 Å². The number of nitrogens with zero attached hydrogens (tertiary/aromatic N) is 1. The van der Waals surface area contributed by atoms with Crippen LogP contribution in [-0.2, 0) is 13.6 Å². The Morgan fingerprint density at radius 1 is 1.38 bits per heavy atom. The normalized spacial score (nSPS) is 19.6. The molecule has 0 spiro atoms. The van der Waals surface area contributed by atoms with E-state index >= 15 is 0 Å². The summed E-state index contributed by atoms with van der Waals surface area (Å²) in [5.74, 6) is 0.638. The molecule has 0 radical (unpaired) electrons. The van der Waals surface area contributed by atoms with Gasteiger partial charge in [0.25, 0.3) is 0 Å². The summed E-state index contributed by atoms with van der Waals surface area (Å²) in [7, 11) is 2.14. The molecule has 3 rings (SSSR count). The summed E-state index contributed by atoms with van der Waals surface area (Å²) in [6.45, 7) is 5.56. The topological polar surface area (TPSA) is 17.0 Å². The predicted octanol–water partition coefficient (Wildman–Crippen LogP) is 2.98. The van der Waals surface area contributed by atoms with Gasteiger partial charge in [0.1, 0.15) is 0 Å². The first-order valence-corrected chi connectivity index (χ1v) is 5.98. The van der Waals surface area contributed by atoms with Crippen LogP contribution in [0.25, 0.3) is 10.9 Å². The van der Waals surface area contributed by atoms with Gasteiger partial charge < -0.3 is 9.88 Å². The Balaban J connectivity index is 2.32. The fourth-order valence-electron chi connectivity index (χ4n) is 2.86. The van der Waals surface area contributed by atoms with E-state index in [1.807, 2.05) is 0 Å². The summed E-state index contributed by atoms with van der Waals surface area (Å²) in [6.07, 6.45) is 2.28. The molecule has 1 aliphatic rings. The SMILES string of the molecule is CC(C)C1NCc2cccc3c2c1cn3C. The third kappa shape index (κ3) is 1.23. The average Bonchev–Trinajstić information content (AvgIpc) is 2.59. The molecular weight excluding hydrogens is 196 g/mol. The van der Waals surface area contributed by atoms with E-state index in [0.29, 0.717) is 12.0 Å². The molecular formula is C14H18N2. The van der Waals surface area contributed by atoms with Crippen LogP contribution in [0.4, 0.5) is 0 Å². The highest BCUT2D eigenvalue weighted by atomic mass is 15.0. The second kappa shape index (κ2) is 3.36. The van der Waals surface area contributed by atoms with Crippen molar-refractivity contribution in [3.63, 3.8) is 0 Å². The number of nitrogens with one attached hydrogen (secondary N) is 1. The number of aromatic nitrogens is 1. The highest BCUT2D eigenvalue weighted by molar-refractivity contribution is 5.88. The molecule has 1 aromatic carbocycles. The van der Waals surface area contributed by atoms with E-state index in [2.05, 4.69) is 55.2 Å². The summed E-state index contributed by atoms with van der Waals surface area (Å²) in [5.41, 5.74) is 4.26. The van der Waals surface area contributed by atoms with Crippen molar-refractivity contribution in [1.82, 2.24) is 9.88 Å². The Hall–Kier alpha value is -1.28. The summed E-state index contributed by atoms with van der Waals surface area (Å²) >= 11 is 0. The van der Waals surface area contributed by atoms with Crippen molar-refractivity contribution in [1.29, 1.82) is 0 Å². The molecule has 1 N–H and O–H groups in total. The van der Waals surface area contributed by atoms with Crippen molar-refractivity contribution in [3.05, 3.63) is 35.5 Å². The zero-order valence-corrected chi connectivity index (χ0v) is 10.1. The molecule has 0 saturated heterocycles. The van der Waals surface area contributed by atoms with Crippen LogP contribution < -0.4 is 5.32 Å². The van der Waals surface area contributed by atoms with Crippen LogP contribution in [0.5, 0.6) is 0 Å². The fraction of sp³-hybridized carbons (Fsp3) is 0.429. The van der Waals surface area contributed by atoms with Gasteiger partial charge in [-0.05, 0) is 23.1 Å². The van der Waals surface area contributed by atoms with Gasteiger partial charge in [-0.3, -0.25) is 0 Å². The molecule has 16 heavy (non-hydrogen) atoms. The zero-order valence-electron chi connectivity index (χ0n) is 10.1. The fourth-order valence-corrected chi connectivity index (χ4v) is 2.86. The number of rotatable bonds is 1. The minimum absolute atomic E-state index is 0.499. The number of aryl methyl sites for hydroxylation is 1. The molecule has 1 atom stereocenters. The average molecular weight is 214 g/mol. The van der Waals surface area contributed by atoms with Crippen LogP contribution in [0.15, 0.2) is 24.4 Å². The van der Waals surface area contributed by atoms with Gasteiger partial charge >= 0.3 is 0 Å². The van der Waals surface area contributed by atoms with E-state index in [1.54, 1.807) is 0 Å². The molecule has 0 saturated carbocycles. The van der Waals surface area contributed by atoms with Crippen molar-refractivity contribution in [2.24, 2.45) is 13.0 Å². The van der Waals surface area contributed by atoms with Crippen molar-refractivity contribution in [2.45, 2.75) is 26.4 Å². The molecule has 2 aromatic rings. The summed E-state index contributed by atoms with van der Waals surface area (Å²) in [5, 5.41) is 5.11. The molecule has 1 unspecified atom stereocenters. The van der Waals surface area contributed by atoms with E-state index < -0.39 is 0 Å². The van der Waals surface area contributed by atoms with E-state index in [0.717, 1.165) is 6.54 Å². The quantitative estimate of drug-likeness (QED) is 0.772. The molecule has 1 aliphatic heterocycles. The smallest absolute Gasteiger partial charge is 0.0484 e. The van der Waals surface area contributed by atoms with Gasteiger partial charge in [-0.25, -0.2) is 0 Å². The Morgan fingerprint density at radius 2 is 2.19 bits per heavy atom. The highest BCUT2D eigenvalue weighted by Crippen LogP contribution is 2.35. The minimum atomic E-state index is 0.499. The first-order valence-electron chi connectivity index (χ1n) is 5.98. The molecule has 2 heterocycles. The van der Waals surface area contributed by atoms with Gasteiger partial charge in [0.05, 0.1) is 0 Å². The number of benzene rings is 1. The molecule has 2 nitrogen and oxygen atoms in total. The van der Waals surface area contributed by atoms with Crippen molar-refractivity contribution < 1.29 is 0 Å². The van der Waals surface area contributed by atoms with Crippen LogP contribution in [-0.4, -0.2) is 4.57 Å². The van der Waals surface area contributed by atoms with Crippen molar-refractivity contribution in [2.75, 3.05) is 0 Å². The lowest BCUT2D eigenvalue weighted by atomic mass is 9.90. The van der Waals surface area contributed by atoms with Crippen LogP contribution >= 0.6 is 0 Å². The lowest BCUT2D eigenvalue weighted by Crippen LogP contribution is -2.28. The van der Waals surface area contributed by atoms with Crippen molar-refractivity contribution >= 4 is 10.9 Å². The van der Waals surface area contributed by atoms with Crippen LogP contribution in [0, 0.1) is 5.92 Å². The van der Waals surface area contributed by atoms with Crippen molar-refractivity contribution in [3.8, 4) is 0 Å². The second-order valence-corrected chi connectivity index (χ2v) is 5.11. The Kier molecular flexibility index (Phi) is 2.08. The van der Waals surface area contributed by atoms with E-state index in [1.165, 1.54) is 22.0 Å². The lowest BCUT2D eigenvalue weighted by molar-refractivity contribution is 0.406. The van der Waals surface area contributed by atoms with Crippen LogP contribution in [0.2, 0.25) is 0 Å². The molecule has 2 heteroatoms. The zero-order chi connectivity index (χ0) is 11.3. The summed E-state index contributed by atoms with van der Waals surface area (Å²) in [4.78, 5) is 0. The third-order valence-corrected chi connectivity index (χ3v) is 3.64. The molecule has 0 amide bonds. The molecule has 1 aromatic heterocycles. The number of hydrogen-bond donors (Lipinski definition) is 1. The lowest BCUT2D eigenvalue weighted by Gasteiger charge is -2.27. The van der Waals surface area contributed by atoms with Crippen LogP contribution in [0.1, 0.15) is 31.0 Å². The number of hydrogen-bond acceptors (Lipinski definition) is 1. The maximum absolute atomic E-state index is 3.63. The molecule has 0 bridgehead atoms. The second-order valence-electron chi connectivity index (χ2n) is 5.11. The van der Waals surface area contributed by atoms with Gasteiger partial charge in [0, 0.05) is 36.7 Å². The maximum atomic E-state index is 3.63. The first kappa shape index (κ1) is 9.91. The summed E-state index contributed by atoms with van der Waals surface area (Å²) in [6, 6.07) is 7.10. The largest absolute Gasteiger partial charge is 0.350 e. The molecule has 84 valence electrons. The molecule has 0 aliphatic carbocycles. The minimum Gasteiger partial charge on any atom is -0.350 e. The van der Waals surface area contributed by atoms with Gasteiger partial charge in [0.15, 0.2) is 0 Å². The third-order valence-electron chi connectivity index (χ3n) is 3.64. The predicted molar refractivity (Wildman–Crippen MR) is 67.3 cm³/mol. The van der Waals surface area contributed by atoms with E-state index in [9.17, 15) is 0 Å². The maximum Gasteiger partial charge on any atom is 0.0484 e. The monoisotopic (exact) mass is 214 g/mol. The molecule has 0 fully saturated rings. The van der Waals surface area contributed by atoms with E-state index in [4.69, 9.17) is 0 Å². The van der Waals surface area contributed by atoms with Gasteiger partial charge in [0.2, 0.25) is 0 Å². The highest BCUT2D eigenvalue weighted by Gasteiger charge is 2.25. The Labute approximate surface area is 96.3 Å².